The van der Waals surface area contributed by atoms with Crippen molar-refractivity contribution in [2.24, 2.45) is 0 Å². The molecule has 1 aliphatic heterocycles. The first-order valence-corrected chi connectivity index (χ1v) is 8.22. The third-order valence-corrected chi connectivity index (χ3v) is 4.03. The maximum absolute atomic E-state index is 12.2. The topological polar surface area (TPSA) is 58.6 Å². The van der Waals surface area contributed by atoms with Crippen LogP contribution in [0.5, 0.6) is 0 Å². The Morgan fingerprint density at radius 3 is 2.41 bits per heavy atom. The van der Waals surface area contributed by atoms with Crippen LogP contribution in [0.2, 0.25) is 0 Å². The van der Waals surface area contributed by atoms with E-state index in [2.05, 4.69) is 21.2 Å². The summed E-state index contributed by atoms with van der Waals surface area (Å²) in [7, 11) is 0. The van der Waals surface area contributed by atoms with Crippen LogP contribution < -0.4 is 5.32 Å². The number of rotatable bonds is 4. The van der Waals surface area contributed by atoms with E-state index >= 15 is 0 Å². The van der Waals surface area contributed by atoms with Gasteiger partial charge in [0.05, 0.1) is 12.2 Å². The maximum Gasteiger partial charge on any atom is 0.251 e. The fourth-order valence-corrected chi connectivity index (χ4v) is 2.79. The van der Waals surface area contributed by atoms with Gasteiger partial charge in [0, 0.05) is 36.1 Å². The van der Waals surface area contributed by atoms with E-state index in [1.807, 2.05) is 30.9 Å². The van der Waals surface area contributed by atoms with Crippen LogP contribution in [0.15, 0.2) is 28.7 Å². The monoisotopic (exact) mass is 368 g/mol. The normalized spacial score (nSPS) is 21.5. The molecule has 1 fully saturated rings. The highest BCUT2D eigenvalue weighted by molar-refractivity contribution is 9.10. The van der Waals surface area contributed by atoms with Crippen molar-refractivity contribution in [3.63, 3.8) is 0 Å². The van der Waals surface area contributed by atoms with Gasteiger partial charge in [-0.1, -0.05) is 15.9 Å². The van der Waals surface area contributed by atoms with E-state index in [9.17, 15) is 9.59 Å². The highest BCUT2D eigenvalue weighted by Gasteiger charge is 2.25. The van der Waals surface area contributed by atoms with Crippen molar-refractivity contribution in [2.75, 3.05) is 19.6 Å². The summed E-state index contributed by atoms with van der Waals surface area (Å²) in [6, 6.07) is 7.12. The molecule has 6 heteroatoms. The van der Waals surface area contributed by atoms with Gasteiger partial charge in [-0.3, -0.25) is 9.59 Å². The number of carbonyl (C=O) groups is 2. The summed E-state index contributed by atoms with van der Waals surface area (Å²) in [5.41, 5.74) is 0.587. The lowest BCUT2D eigenvalue weighted by molar-refractivity contribution is -0.143. The van der Waals surface area contributed by atoms with E-state index in [4.69, 9.17) is 4.74 Å². The second kappa shape index (κ2) is 7.74. The number of amides is 2. The molecular weight excluding hydrogens is 348 g/mol. The molecule has 0 spiro atoms. The van der Waals surface area contributed by atoms with Gasteiger partial charge in [-0.05, 0) is 38.1 Å². The van der Waals surface area contributed by atoms with Crippen LogP contribution in [-0.4, -0.2) is 48.6 Å². The molecule has 1 heterocycles. The molecule has 0 radical (unpaired) electrons. The zero-order chi connectivity index (χ0) is 16.1. The summed E-state index contributed by atoms with van der Waals surface area (Å²) in [6.45, 7) is 5.50. The molecule has 0 bridgehead atoms. The first-order chi connectivity index (χ1) is 10.5. The molecule has 1 aliphatic rings. The largest absolute Gasteiger partial charge is 0.372 e. The highest BCUT2D eigenvalue weighted by atomic mass is 79.9. The maximum atomic E-state index is 12.2. The van der Waals surface area contributed by atoms with Gasteiger partial charge >= 0.3 is 0 Å². The van der Waals surface area contributed by atoms with E-state index in [0.29, 0.717) is 31.6 Å². The van der Waals surface area contributed by atoms with Crippen molar-refractivity contribution in [3.05, 3.63) is 34.3 Å². The first kappa shape index (κ1) is 17.0. The Hall–Kier alpha value is -1.40. The van der Waals surface area contributed by atoms with Gasteiger partial charge < -0.3 is 15.0 Å². The zero-order valence-corrected chi connectivity index (χ0v) is 14.4. The number of nitrogens with zero attached hydrogens (tertiary/aromatic N) is 1. The Kier molecular flexibility index (Phi) is 5.97. The molecular formula is C16H21BrN2O3. The molecule has 1 N–H and O–H groups in total. The molecule has 0 aromatic heterocycles. The van der Waals surface area contributed by atoms with Crippen molar-refractivity contribution in [2.45, 2.75) is 32.5 Å². The predicted molar refractivity (Wildman–Crippen MR) is 87.7 cm³/mol. The van der Waals surface area contributed by atoms with E-state index in [0.717, 1.165) is 4.47 Å². The highest BCUT2D eigenvalue weighted by Crippen LogP contribution is 2.12. The van der Waals surface area contributed by atoms with Gasteiger partial charge in [-0.15, -0.1) is 0 Å². The van der Waals surface area contributed by atoms with Crippen LogP contribution in [0, 0.1) is 0 Å². The van der Waals surface area contributed by atoms with Gasteiger partial charge in [0.1, 0.15) is 0 Å². The van der Waals surface area contributed by atoms with Crippen molar-refractivity contribution < 1.29 is 14.3 Å². The smallest absolute Gasteiger partial charge is 0.251 e. The number of benzene rings is 1. The summed E-state index contributed by atoms with van der Waals surface area (Å²) in [5, 5.41) is 2.78. The number of hydrogen-bond acceptors (Lipinski definition) is 3. The number of ether oxygens (including phenoxy) is 1. The average Bonchev–Trinajstić information content (AvgIpc) is 2.46. The molecule has 2 rings (SSSR count). The minimum atomic E-state index is -0.163. The number of carbonyl (C=O) groups excluding carboxylic acids is 2. The lowest BCUT2D eigenvalue weighted by Crippen LogP contribution is -2.48. The van der Waals surface area contributed by atoms with Crippen LogP contribution in [0.25, 0.3) is 0 Å². The fourth-order valence-electron chi connectivity index (χ4n) is 2.53. The third-order valence-electron chi connectivity index (χ3n) is 3.50. The van der Waals surface area contributed by atoms with Crippen LogP contribution in [0.3, 0.4) is 0 Å². The van der Waals surface area contributed by atoms with Gasteiger partial charge in [0.25, 0.3) is 5.91 Å². The molecule has 0 unspecified atom stereocenters. The minimum Gasteiger partial charge on any atom is -0.372 e. The van der Waals surface area contributed by atoms with Crippen molar-refractivity contribution in [1.82, 2.24) is 10.2 Å². The molecule has 0 saturated carbocycles. The summed E-state index contributed by atoms with van der Waals surface area (Å²) in [4.78, 5) is 25.9. The van der Waals surface area contributed by atoms with Gasteiger partial charge in [0.15, 0.2) is 0 Å². The summed E-state index contributed by atoms with van der Waals surface area (Å²) in [5.74, 6) is -0.109. The molecule has 1 aromatic carbocycles. The Balaban J connectivity index is 1.77. The minimum absolute atomic E-state index is 0.0538. The van der Waals surface area contributed by atoms with Gasteiger partial charge in [-0.25, -0.2) is 0 Å². The number of hydrogen-bond donors (Lipinski definition) is 1. The summed E-state index contributed by atoms with van der Waals surface area (Å²) >= 11 is 3.33. The van der Waals surface area contributed by atoms with E-state index < -0.39 is 0 Å². The summed E-state index contributed by atoms with van der Waals surface area (Å²) < 4.78 is 6.53. The van der Waals surface area contributed by atoms with E-state index in [1.165, 1.54) is 0 Å². The second-order valence-electron chi connectivity index (χ2n) is 5.57. The second-order valence-corrected chi connectivity index (χ2v) is 6.48. The molecule has 120 valence electrons. The Morgan fingerprint density at radius 1 is 1.23 bits per heavy atom. The van der Waals surface area contributed by atoms with Crippen LogP contribution in [-0.2, 0) is 9.53 Å². The van der Waals surface area contributed by atoms with Crippen molar-refractivity contribution >= 4 is 27.7 Å². The fraction of sp³-hybridized carbons (Fsp3) is 0.500. The number of nitrogens with one attached hydrogen (secondary N) is 1. The van der Waals surface area contributed by atoms with E-state index in [1.54, 1.807) is 12.1 Å². The van der Waals surface area contributed by atoms with E-state index in [-0.39, 0.29) is 24.0 Å². The number of halogens is 1. The molecule has 1 aromatic rings. The van der Waals surface area contributed by atoms with Gasteiger partial charge in [-0.2, -0.15) is 0 Å². The lowest BCUT2D eigenvalue weighted by atomic mass is 10.2. The predicted octanol–water partition coefficient (Wildman–Crippen LogP) is 2.20. The Morgan fingerprint density at radius 2 is 1.82 bits per heavy atom. The van der Waals surface area contributed by atoms with Crippen molar-refractivity contribution in [1.29, 1.82) is 0 Å². The Bertz CT molecular complexity index is 523. The van der Waals surface area contributed by atoms with Crippen LogP contribution in [0.1, 0.15) is 30.6 Å². The van der Waals surface area contributed by atoms with Gasteiger partial charge in [0.2, 0.25) is 5.91 Å². The average molecular weight is 369 g/mol. The van der Waals surface area contributed by atoms with Crippen LogP contribution in [0.4, 0.5) is 0 Å². The molecule has 5 nitrogen and oxygen atoms in total. The quantitative estimate of drug-likeness (QED) is 0.886. The molecule has 2 amide bonds. The first-order valence-electron chi connectivity index (χ1n) is 7.42. The standard InChI is InChI=1S/C16H21BrN2O3/c1-11-9-19(10-12(2)22-11)15(20)7-8-18-16(21)13-3-5-14(17)6-4-13/h3-6,11-12H,7-10H2,1-2H3,(H,18,21)/t11-,12+. The molecule has 22 heavy (non-hydrogen) atoms. The Labute approximate surface area is 139 Å². The molecule has 2 atom stereocenters. The molecule has 0 aliphatic carbocycles. The van der Waals surface area contributed by atoms with Crippen molar-refractivity contribution in [3.8, 4) is 0 Å². The van der Waals surface area contributed by atoms with Crippen LogP contribution >= 0.6 is 15.9 Å². The summed E-state index contributed by atoms with van der Waals surface area (Å²) in [6.07, 6.45) is 0.428. The zero-order valence-electron chi connectivity index (χ0n) is 12.8. The SMILES string of the molecule is C[C@@H]1CN(C(=O)CCNC(=O)c2ccc(Br)cc2)C[C@H](C)O1. The molecule has 1 saturated heterocycles. The third kappa shape index (κ3) is 4.81. The lowest BCUT2D eigenvalue weighted by Gasteiger charge is -2.35. The number of morpholine rings is 1.